The number of furan rings is 1. The molecule has 1 heterocycles. The molecule has 190 valence electrons. The quantitative estimate of drug-likeness (QED) is 0.459. The molecule has 0 radical (unpaired) electrons. The number of nitrogens with one attached hydrogen (secondary N) is 2. The first kappa shape index (κ1) is 26.7. The predicted molar refractivity (Wildman–Crippen MR) is 141 cm³/mol. The number of carbonyl (C=O) groups excluding carboxylic acids is 3. The van der Waals surface area contributed by atoms with Crippen LogP contribution >= 0.6 is 0 Å². The second-order valence-electron chi connectivity index (χ2n) is 10.2. The lowest BCUT2D eigenvalue weighted by Gasteiger charge is -2.34. The van der Waals surface area contributed by atoms with Gasteiger partial charge in [0.2, 0.25) is 11.8 Å². The van der Waals surface area contributed by atoms with Gasteiger partial charge in [0.25, 0.3) is 5.91 Å². The van der Waals surface area contributed by atoms with E-state index in [1.54, 1.807) is 18.2 Å². The van der Waals surface area contributed by atoms with Gasteiger partial charge in [-0.3, -0.25) is 19.3 Å². The molecule has 7 heteroatoms. The van der Waals surface area contributed by atoms with Gasteiger partial charge < -0.3 is 15.1 Å². The number of aryl methyl sites for hydroxylation is 1. The molecule has 3 aromatic rings. The minimum atomic E-state index is -0.943. The van der Waals surface area contributed by atoms with Crippen LogP contribution in [0, 0.1) is 6.92 Å². The summed E-state index contributed by atoms with van der Waals surface area (Å²) < 4.78 is 5.13. The van der Waals surface area contributed by atoms with Gasteiger partial charge in [-0.25, -0.2) is 0 Å². The molecule has 0 aliphatic carbocycles. The first-order valence-electron chi connectivity index (χ1n) is 12.1. The number of hydrogen-bond acceptors (Lipinski definition) is 4. The Labute approximate surface area is 212 Å². The lowest BCUT2D eigenvalue weighted by molar-refractivity contribution is -0.127. The standard InChI is InChI=1S/C29H35N3O4/c1-19(2)21-11-13-22(14-12-21)26(28(35)31-29(4,5)6)32(23-15-9-20(3)10-16-23)25(33)18-30-27(34)24-8-7-17-36-24/h7-17,19,26H,18H2,1-6H3,(H,30,34)(H,31,35)/t26-/m1/s1. The van der Waals surface area contributed by atoms with Crippen LogP contribution < -0.4 is 15.5 Å². The summed E-state index contributed by atoms with van der Waals surface area (Å²) in [6.45, 7) is 11.5. The Hall–Kier alpha value is -3.87. The average Bonchev–Trinajstić information content (AvgIpc) is 3.35. The molecule has 0 saturated heterocycles. The van der Waals surface area contributed by atoms with Crippen LogP contribution in [0.4, 0.5) is 5.69 Å². The van der Waals surface area contributed by atoms with Gasteiger partial charge in [0.1, 0.15) is 6.04 Å². The smallest absolute Gasteiger partial charge is 0.287 e. The van der Waals surface area contributed by atoms with Crippen molar-refractivity contribution >= 4 is 23.4 Å². The van der Waals surface area contributed by atoms with E-state index >= 15 is 0 Å². The molecule has 36 heavy (non-hydrogen) atoms. The number of carbonyl (C=O) groups is 3. The highest BCUT2D eigenvalue weighted by molar-refractivity contribution is 6.04. The van der Waals surface area contributed by atoms with Crippen LogP contribution in [-0.4, -0.2) is 29.8 Å². The molecule has 1 atom stereocenters. The van der Waals surface area contributed by atoms with Gasteiger partial charge in [-0.1, -0.05) is 55.8 Å². The highest BCUT2D eigenvalue weighted by Gasteiger charge is 2.34. The third-order valence-electron chi connectivity index (χ3n) is 5.65. The van der Waals surface area contributed by atoms with Crippen molar-refractivity contribution < 1.29 is 18.8 Å². The SMILES string of the molecule is Cc1ccc(N(C(=O)CNC(=O)c2ccco2)[C@@H](C(=O)NC(C)(C)C)c2ccc(C(C)C)cc2)cc1. The summed E-state index contributed by atoms with van der Waals surface area (Å²) >= 11 is 0. The lowest BCUT2D eigenvalue weighted by Crippen LogP contribution is -2.51. The van der Waals surface area contributed by atoms with Crippen LogP contribution in [0.2, 0.25) is 0 Å². The Balaban J connectivity index is 2.03. The Morgan fingerprint density at radius 2 is 1.53 bits per heavy atom. The first-order chi connectivity index (χ1) is 17.0. The van der Waals surface area contributed by atoms with E-state index in [0.29, 0.717) is 17.2 Å². The number of hydrogen-bond donors (Lipinski definition) is 2. The second-order valence-corrected chi connectivity index (χ2v) is 10.2. The van der Waals surface area contributed by atoms with Crippen LogP contribution in [0.25, 0.3) is 0 Å². The van der Waals surface area contributed by atoms with Crippen molar-refractivity contribution in [1.29, 1.82) is 0 Å². The molecule has 1 aromatic heterocycles. The maximum atomic E-state index is 13.7. The zero-order valence-corrected chi connectivity index (χ0v) is 21.8. The number of nitrogens with zero attached hydrogens (tertiary/aromatic N) is 1. The molecular formula is C29H35N3O4. The second kappa shape index (κ2) is 11.2. The van der Waals surface area contributed by atoms with E-state index in [0.717, 1.165) is 11.1 Å². The van der Waals surface area contributed by atoms with E-state index in [9.17, 15) is 14.4 Å². The summed E-state index contributed by atoms with van der Waals surface area (Å²) in [4.78, 5) is 41.2. The summed E-state index contributed by atoms with van der Waals surface area (Å²) in [6.07, 6.45) is 1.39. The highest BCUT2D eigenvalue weighted by Crippen LogP contribution is 2.30. The lowest BCUT2D eigenvalue weighted by atomic mass is 9.96. The number of anilines is 1. The minimum absolute atomic E-state index is 0.107. The molecule has 3 rings (SSSR count). The number of benzene rings is 2. The summed E-state index contributed by atoms with van der Waals surface area (Å²) in [5.41, 5.74) is 2.87. The van der Waals surface area contributed by atoms with Gasteiger partial charge in [-0.2, -0.15) is 0 Å². The average molecular weight is 490 g/mol. The Morgan fingerprint density at radius 3 is 2.06 bits per heavy atom. The Bertz CT molecular complexity index is 1170. The van der Waals surface area contributed by atoms with Gasteiger partial charge in [-0.05, 0) is 69.0 Å². The molecule has 0 spiro atoms. The van der Waals surface area contributed by atoms with Crippen molar-refractivity contribution in [3.05, 3.63) is 89.4 Å². The van der Waals surface area contributed by atoms with Gasteiger partial charge in [-0.15, -0.1) is 0 Å². The molecule has 0 unspecified atom stereocenters. The topological polar surface area (TPSA) is 91.7 Å². The van der Waals surface area contributed by atoms with E-state index in [4.69, 9.17) is 4.42 Å². The Kier molecular flexibility index (Phi) is 8.35. The van der Waals surface area contributed by atoms with Crippen LogP contribution in [0.15, 0.2) is 71.3 Å². The minimum Gasteiger partial charge on any atom is -0.459 e. The molecule has 0 saturated carbocycles. The fourth-order valence-corrected chi connectivity index (χ4v) is 3.80. The van der Waals surface area contributed by atoms with Crippen molar-refractivity contribution in [2.45, 2.75) is 59.0 Å². The molecule has 7 nitrogen and oxygen atoms in total. The summed E-state index contributed by atoms with van der Waals surface area (Å²) in [7, 11) is 0. The highest BCUT2D eigenvalue weighted by atomic mass is 16.3. The summed E-state index contributed by atoms with van der Waals surface area (Å²) in [6, 6.07) is 17.3. The van der Waals surface area contributed by atoms with Gasteiger partial charge >= 0.3 is 0 Å². The van der Waals surface area contributed by atoms with Crippen LogP contribution in [-0.2, 0) is 9.59 Å². The van der Waals surface area contributed by atoms with Crippen LogP contribution in [0.3, 0.4) is 0 Å². The largest absolute Gasteiger partial charge is 0.459 e. The van der Waals surface area contributed by atoms with Gasteiger partial charge in [0, 0.05) is 11.2 Å². The van der Waals surface area contributed by atoms with Crippen LogP contribution in [0.1, 0.15) is 73.8 Å². The monoisotopic (exact) mass is 489 g/mol. The molecule has 2 N–H and O–H groups in total. The first-order valence-corrected chi connectivity index (χ1v) is 12.1. The van der Waals surface area contributed by atoms with E-state index in [1.165, 1.54) is 17.2 Å². The van der Waals surface area contributed by atoms with E-state index in [-0.39, 0.29) is 18.2 Å². The summed E-state index contributed by atoms with van der Waals surface area (Å²) in [5.74, 6) is -0.815. The van der Waals surface area contributed by atoms with Gasteiger partial charge in [0.15, 0.2) is 5.76 Å². The maximum Gasteiger partial charge on any atom is 0.287 e. The van der Waals surface area contributed by atoms with E-state index in [2.05, 4.69) is 24.5 Å². The summed E-state index contributed by atoms with van der Waals surface area (Å²) in [5, 5.41) is 5.63. The predicted octanol–water partition coefficient (Wildman–Crippen LogP) is 5.13. The zero-order valence-electron chi connectivity index (χ0n) is 21.8. The fourth-order valence-electron chi connectivity index (χ4n) is 3.80. The van der Waals surface area contributed by atoms with E-state index < -0.39 is 23.4 Å². The van der Waals surface area contributed by atoms with Crippen molar-refractivity contribution in [2.75, 3.05) is 11.4 Å². The third kappa shape index (κ3) is 6.84. The zero-order chi connectivity index (χ0) is 26.5. The number of rotatable bonds is 8. The van der Waals surface area contributed by atoms with Crippen molar-refractivity contribution in [3.63, 3.8) is 0 Å². The molecule has 0 bridgehead atoms. The third-order valence-corrected chi connectivity index (χ3v) is 5.65. The molecule has 3 amide bonds. The van der Waals surface area contributed by atoms with E-state index in [1.807, 2.05) is 64.1 Å². The number of amides is 3. The van der Waals surface area contributed by atoms with Crippen molar-refractivity contribution in [3.8, 4) is 0 Å². The van der Waals surface area contributed by atoms with Crippen molar-refractivity contribution in [2.24, 2.45) is 0 Å². The Morgan fingerprint density at radius 1 is 0.917 bits per heavy atom. The normalized spacial score (nSPS) is 12.2. The van der Waals surface area contributed by atoms with Crippen molar-refractivity contribution in [1.82, 2.24) is 10.6 Å². The molecule has 0 aliphatic heterocycles. The molecule has 0 fully saturated rings. The van der Waals surface area contributed by atoms with Crippen LogP contribution in [0.5, 0.6) is 0 Å². The molecular weight excluding hydrogens is 454 g/mol. The maximum absolute atomic E-state index is 13.7. The fraction of sp³-hybridized carbons (Fsp3) is 0.345. The molecule has 0 aliphatic rings. The van der Waals surface area contributed by atoms with Gasteiger partial charge in [0.05, 0.1) is 12.8 Å². The molecule has 2 aromatic carbocycles.